The van der Waals surface area contributed by atoms with Crippen LogP contribution in [0.1, 0.15) is 39.2 Å². The molecule has 1 saturated heterocycles. The molecule has 11 heteroatoms. The van der Waals surface area contributed by atoms with Gasteiger partial charge in [0.2, 0.25) is 11.8 Å². The quantitative estimate of drug-likeness (QED) is 0.108. The molecule has 1 aromatic carbocycles. The molecule has 1 unspecified atom stereocenters. The lowest BCUT2D eigenvalue weighted by Crippen LogP contribution is -2.52. The Morgan fingerprint density at radius 2 is 1.51 bits per heavy atom. The number of nitrogens with one attached hydrogen (secondary N) is 1. The first-order valence-electron chi connectivity index (χ1n) is 14.8. The molecule has 1 atom stereocenters. The van der Waals surface area contributed by atoms with Crippen molar-refractivity contribution in [1.82, 2.24) is 10.2 Å². The van der Waals surface area contributed by atoms with Crippen molar-refractivity contribution in [3.05, 3.63) is 23.8 Å². The Hall–Kier alpha value is -2.44. The number of hydrogen-bond donors (Lipinski definition) is 2. The molecule has 1 aromatic rings. The van der Waals surface area contributed by atoms with Crippen molar-refractivity contribution in [2.75, 3.05) is 103 Å². The highest BCUT2D eigenvalue weighted by atomic mass is 16.5. The lowest BCUT2D eigenvalue weighted by molar-refractivity contribution is -0.146. The van der Waals surface area contributed by atoms with Gasteiger partial charge in [-0.15, -0.1) is 0 Å². The van der Waals surface area contributed by atoms with Gasteiger partial charge in [0.25, 0.3) is 0 Å². The fourth-order valence-corrected chi connectivity index (χ4v) is 4.27. The lowest BCUT2D eigenvalue weighted by Gasteiger charge is -2.38. The van der Waals surface area contributed by atoms with E-state index >= 15 is 0 Å². The van der Waals surface area contributed by atoms with E-state index in [1.807, 2.05) is 44.7 Å². The fraction of sp³-hybridized carbons (Fsp3) is 0.733. The zero-order valence-electron chi connectivity index (χ0n) is 25.5. The highest BCUT2D eigenvalue weighted by Crippen LogP contribution is 2.20. The molecule has 1 aliphatic heterocycles. The second-order valence-electron chi connectivity index (χ2n) is 10.7. The summed E-state index contributed by atoms with van der Waals surface area (Å²) in [6.07, 6.45) is 1.18. The Labute approximate surface area is 245 Å². The number of benzene rings is 1. The Balaban J connectivity index is 1.53. The second kappa shape index (κ2) is 20.4. The molecule has 0 aromatic heterocycles. The molecule has 0 bridgehead atoms. The minimum absolute atomic E-state index is 0.0579. The van der Waals surface area contributed by atoms with Gasteiger partial charge in [-0.05, 0) is 43.5 Å². The van der Waals surface area contributed by atoms with Crippen molar-refractivity contribution < 1.29 is 33.3 Å². The number of β-lactam (4-membered cyclic amide) rings is 1. The van der Waals surface area contributed by atoms with Gasteiger partial charge >= 0.3 is 0 Å². The first-order chi connectivity index (χ1) is 19.8. The highest BCUT2D eigenvalue weighted by Gasteiger charge is 2.31. The summed E-state index contributed by atoms with van der Waals surface area (Å²) in [6, 6.07) is 6.35. The van der Waals surface area contributed by atoms with Gasteiger partial charge in [0.1, 0.15) is 0 Å². The fourth-order valence-electron chi connectivity index (χ4n) is 4.27. The number of amides is 2. The summed E-state index contributed by atoms with van der Waals surface area (Å²) in [4.78, 5) is 27.1. The SMILES string of the molecule is Cc1cc(N(CCOCCOCCNC(=O)CC(C)C)CCOCCOCCOCCN2C(=O)CC2C)ccc1N. The summed E-state index contributed by atoms with van der Waals surface area (Å²) >= 11 is 0. The summed E-state index contributed by atoms with van der Waals surface area (Å²) in [5, 5.41) is 2.86. The van der Waals surface area contributed by atoms with Crippen LogP contribution in [0.3, 0.4) is 0 Å². The summed E-state index contributed by atoms with van der Waals surface area (Å²) in [6.45, 7) is 15.7. The molecule has 0 saturated carbocycles. The maximum atomic E-state index is 11.6. The smallest absolute Gasteiger partial charge is 0.224 e. The van der Waals surface area contributed by atoms with Crippen LogP contribution >= 0.6 is 0 Å². The summed E-state index contributed by atoms with van der Waals surface area (Å²) < 4.78 is 28.3. The second-order valence-corrected chi connectivity index (χ2v) is 10.7. The maximum absolute atomic E-state index is 11.6. The monoisotopic (exact) mass is 580 g/mol. The van der Waals surface area contributed by atoms with Gasteiger partial charge in [-0.2, -0.15) is 0 Å². The van der Waals surface area contributed by atoms with Crippen molar-refractivity contribution in [3.63, 3.8) is 0 Å². The summed E-state index contributed by atoms with van der Waals surface area (Å²) in [5.74, 6) is 0.610. The number of nitrogens with zero attached hydrogens (tertiary/aromatic N) is 2. The van der Waals surface area contributed by atoms with Crippen LogP contribution in [0.4, 0.5) is 11.4 Å². The molecule has 0 radical (unpaired) electrons. The summed E-state index contributed by atoms with van der Waals surface area (Å²) in [7, 11) is 0. The Morgan fingerprint density at radius 1 is 0.951 bits per heavy atom. The minimum atomic E-state index is 0.0579. The van der Waals surface area contributed by atoms with E-state index in [2.05, 4.69) is 16.3 Å². The lowest BCUT2D eigenvalue weighted by atomic mass is 10.1. The van der Waals surface area contributed by atoms with E-state index in [4.69, 9.17) is 29.4 Å². The Morgan fingerprint density at radius 3 is 2.05 bits per heavy atom. The number of carbonyl (C=O) groups is 2. The number of rotatable bonds is 24. The predicted octanol–water partition coefficient (Wildman–Crippen LogP) is 2.25. The third-order valence-electron chi connectivity index (χ3n) is 6.71. The third kappa shape index (κ3) is 14.8. The molecule has 1 fully saturated rings. The van der Waals surface area contributed by atoms with Crippen LogP contribution < -0.4 is 16.0 Å². The van der Waals surface area contributed by atoms with Gasteiger partial charge in [0, 0.05) is 56.4 Å². The van der Waals surface area contributed by atoms with E-state index in [0.717, 1.165) is 16.9 Å². The Kier molecular flexibility index (Phi) is 17.3. The van der Waals surface area contributed by atoms with E-state index in [-0.39, 0.29) is 11.8 Å². The number of anilines is 2. The molecule has 0 spiro atoms. The van der Waals surface area contributed by atoms with Crippen LogP contribution in [-0.2, 0) is 33.3 Å². The van der Waals surface area contributed by atoms with E-state index in [0.29, 0.717) is 117 Å². The molecule has 234 valence electrons. The van der Waals surface area contributed by atoms with Crippen molar-refractivity contribution in [2.24, 2.45) is 5.92 Å². The van der Waals surface area contributed by atoms with Crippen molar-refractivity contribution in [1.29, 1.82) is 0 Å². The molecule has 41 heavy (non-hydrogen) atoms. The molecule has 3 N–H and O–H groups in total. The Bertz CT molecular complexity index is 886. The number of nitrogens with two attached hydrogens (primary N) is 1. The zero-order chi connectivity index (χ0) is 29.9. The third-order valence-corrected chi connectivity index (χ3v) is 6.71. The van der Waals surface area contributed by atoms with Crippen molar-refractivity contribution >= 4 is 23.2 Å². The molecular weight excluding hydrogens is 528 g/mol. The highest BCUT2D eigenvalue weighted by molar-refractivity contribution is 5.82. The van der Waals surface area contributed by atoms with Gasteiger partial charge < -0.3 is 44.5 Å². The average molecular weight is 581 g/mol. The van der Waals surface area contributed by atoms with Crippen LogP contribution in [0.5, 0.6) is 0 Å². The molecule has 11 nitrogen and oxygen atoms in total. The standard InChI is InChI=1S/C30H52N4O7/c1-24(2)21-29(35)32-7-11-37-15-16-38-12-8-33(27-5-6-28(31)25(3)22-27)9-13-39-17-19-41-20-18-40-14-10-34-26(4)23-30(34)36/h5-6,22,24,26H,7-21,23,31H2,1-4H3,(H,32,35). The molecule has 1 heterocycles. The predicted molar refractivity (Wildman–Crippen MR) is 160 cm³/mol. The van der Waals surface area contributed by atoms with E-state index in [1.165, 1.54) is 0 Å². The topological polar surface area (TPSA) is 125 Å². The van der Waals surface area contributed by atoms with Gasteiger partial charge in [0.15, 0.2) is 0 Å². The van der Waals surface area contributed by atoms with Crippen LogP contribution in [-0.4, -0.2) is 115 Å². The molecular formula is C30H52N4O7. The van der Waals surface area contributed by atoms with Crippen LogP contribution in [0.15, 0.2) is 18.2 Å². The number of aryl methyl sites for hydroxylation is 1. The van der Waals surface area contributed by atoms with Gasteiger partial charge in [-0.25, -0.2) is 0 Å². The zero-order valence-corrected chi connectivity index (χ0v) is 25.5. The van der Waals surface area contributed by atoms with E-state index in [1.54, 1.807) is 0 Å². The number of likely N-dealkylation sites (tertiary alicyclic amines) is 1. The van der Waals surface area contributed by atoms with Crippen LogP contribution in [0.2, 0.25) is 0 Å². The van der Waals surface area contributed by atoms with Crippen molar-refractivity contribution in [3.8, 4) is 0 Å². The van der Waals surface area contributed by atoms with Gasteiger partial charge in [-0.3, -0.25) is 9.59 Å². The minimum Gasteiger partial charge on any atom is -0.399 e. The number of hydrogen-bond acceptors (Lipinski definition) is 9. The largest absolute Gasteiger partial charge is 0.399 e. The van der Waals surface area contributed by atoms with Crippen LogP contribution in [0, 0.1) is 12.8 Å². The number of ether oxygens (including phenoxy) is 5. The van der Waals surface area contributed by atoms with Crippen LogP contribution in [0.25, 0.3) is 0 Å². The first kappa shape index (κ1) is 34.8. The molecule has 2 rings (SSSR count). The maximum Gasteiger partial charge on any atom is 0.224 e. The number of carbonyl (C=O) groups excluding carboxylic acids is 2. The molecule has 0 aliphatic carbocycles. The van der Waals surface area contributed by atoms with Gasteiger partial charge in [-0.1, -0.05) is 13.8 Å². The van der Waals surface area contributed by atoms with E-state index in [9.17, 15) is 9.59 Å². The van der Waals surface area contributed by atoms with E-state index < -0.39 is 0 Å². The molecule has 2 amide bonds. The number of nitrogen functional groups attached to an aromatic ring is 1. The summed E-state index contributed by atoms with van der Waals surface area (Å²) in [5.41, 5.74) is 8.88. The first-order valence-corrected chi connectivity index (χ1v) is 14.8. The average Bonchev–Trinajstić information content (AvgIpc) is 2.92. The van der Waals surface area contributed by atoms with Gasteiger partial charge in [0.05, 0.1) is 66.1 Å². The van der Waals surface area contributed by atoms with Crippen molar-refractivity contribution in [2.45, 2.75) is 46.6 Å². The molecule has 1 aliphatic rings. The normalized spacial score (nSPS) is 14.9.